The largest absolute Gasteiger partial charge is 0.345 e. The molecule has 2 rings (SSSR count). The standard InChI is InChI=1S/C25H38N4O4/c1-18(2)14-19(17-30)27-24(32)20-12-10-8-6-4-3-5-7-9-11-13-23(31)21-15-26-16-22(28-21)25(33)29-20/h15-20H,3-14H2,1-2H3,(H,27,32)(H,29,33). The maximum Gasteiger partial charge on any atom is 0.272 e. The van der Waals surface area contributed by atoms with E-state index in [2.05, 4.69) is 20.6 Å². The van der Waals surface area contributed by atoms with E-state index in [1.165, 1.54) is 18.8 Å². The van der Waals surface area contributed by atoms with Crippen LogP contribution in [0.25, 0.3) is 0 Å². The van der Waals surface area contributed by atoms with Crippen molar-refractivity contribution in [1.29, 1.82) is 0 Å². The molecule has 2 atom stereocenters. The van der Waals surface area contributed by atoms with Gasteiger partial charge in [0.2, 0.25) is 5.91 Å². The van der Waals surface area contributed by atoms with Gasteiger partial charge in [0.05, 0.1) is 18.4 Å². The van der Waals surface area contributed by atoms with E-state index in [9.17, 15) is 19.2 Å². The first-order chi connectivity index (χ1) is 15.9. The molecule has 8 nitrogen and oxygen atoms in total. The molecule has 1 aromatic heterocycles. The van der Waals surface area contributed by atoms with E-state index in [1.54, 1.807) is 0 Å². The Kier molecular flexibility index (Phi) is 11.7. The van der Waals surface area contributed by atoms with Gasteiger partial charge in [-0.3, -0.25) is 19.4 Å². The molecule has 0 radical (unpaired) electrons. The Bertz CT molecular complexity index is 796. The van der Waals surface area contributed by atoms with E-state index in [1.807, 2.05) is 13.8 Å². The fourth-order valence-corrected chi connectivity index (χ4v) is 4.05. The van der Waals surface area contributed by atoms with Crippen LogP contribution in [0.1, 0.15) is 112 Å². The molecule has 2 amide bonds. The minimum atomic E-state index is -0.785. The quantitative estimate of drug-likeness (QED) is 0.648. The average molecular weight is 459 g/mol. The summed E-state index contributed by atoms with van der Waals surface area (Å²) >= 11 is 0. The number of nitrogens with zero attached hydrogens (tertiary/aromatic N) is 2. The molecule has 33 heavy (non-hydrogen) atoms. The Morgan fingerprint density at radius 2 is 1.64 bits per heavy atom. The Labute approximate surface area is 196 Å². The van der Waals surface area contributed by atoms with Crippen LogP contribution in [-0.4, -0.2) is 45.9 Å². The van der Waals surface area contributed by atoms with Gasteiger partial charge >= 0.3 is 0 Å². The summed E-state index contributed by atoms with van der Waals surface area (Å²) in [5.41, 5.74) is 0.177. The molecule has 2 heterocycles. The van der Waals surface area contributed by atoms with Gasteiger partial charge in [-0.05, 0) is 25.2 Å². The van der Waals surface area contributed by atoms with Crippen molar-refractivity contribution in [3.63, 3.8) is 0 Å². The molecule has 0 spiro atoms. The zero-order valence-electron chi connectivity index (χ0n) is 20.0. The number of ketones is 1. The summed E-state index contributed by atoms with van der Waals surface area (Å²) in [6.45, 7) is 3.96. The number of fused-ring (bicyclic) bond motifs is 2. The Morgan fingerprint density at radius 3 is 2.27 bits per heavy atom. The summed E-state index contributed by atoms with van der Waals surface area (Å²) in [6.07, 6.45) is 14.0. The van der Waals surface area contributed by atoms with Crippen LogP contribution in [0.2, 0.25) is 0 Å². The van der Waals surface area contributed by atoms with Gasteiger partial charge < -0.3 is 15.4 Å². The van der Waals surface area contributed by atoms with Crippen molar-refractivity contribution in [1.82, 2.24) is 20.6 Å². The second kappa shape index (κ2) is 14.5. The smallest absolute Gasteiger partial charge is 0.272 e. The van der Waals surface area contributed by atoms with Crippen LogP contribution in [0, 0.1) is 5.92 Å². The summed E-state index contributed by atoms with van der Waals surface area (Å²) in [7, 11) is 0. The van der Waals surface area contributed by atoms with Gasteiger partial charge in [-0.25, -0.2) is 4.98 Å². The first-order valence-corrected chi connectivity index (χ1v) is 12.3. The first-order valence-electron chi connectivity index (χ1n) is 12.3. The monoisotopic (exact) mass is 458 g/mol. The molecule has 2 N–H and O–H groups in total. The molecule has 1 aromatic rings. The number of aromatic nitrogens is 2. The van der Waals surface area contributed by atoms with E-state index in [4.69, 9.17) is 0 Å². The first kappa shape index (κ1) is 26.6. The highest BCUT2D eigenvalue weighted by molar-refractivity contribution is 5.98. The second-order valence-corrected chi connectivity index (χ2v) is 9.34. The molecule has 0 saturated carbocycles. The van der Waals surface area contributed by atoms with Crippen molar-refractivity contribution in [3.05, 3.63) is 23.8 Å². The van der Waals surface area contributed by atoms with Crippen molar-refractivity contribution >= 4 is 23.9 Å². The molecule has 1 aliphatic rings. The number of nitrogens with one attached hydrogen (secondary N) is 2. The molecule has 2 bridgehead atoms. The lowest BCUT2D eigenvalue weighted by Crippen LogP contribution is -2.50. The lowest BCUT2D eigenvalue weighted by Gasteiger charge is -2.21. The Balaban J connectivity index is 2.15. The summed E-state index contributed by atoms with van der Waals surface area (Å²) < 4.78 is 0. The number of amides is 2. The van der Waals surface area contributed by atoms with Crippen LogP contribution in [-0.2, 0) is 9.59 Å². The molecule has 1 aliphatic heterocycles. The zero-order chi connectivity index (χ0) is 24.1. The van der Waals surface area contributed by atoms with Crippen LogP contribution >= 0.6 is 0 Å². The van der Waals surface area contributed by atoms with Crippen LogP contribution in [0.15, 0.2) is 12.4 Å². The van der Waals surface area contributed by atoms with Gasteiger partial charge in [-0.15, -0.1) is 0 Å². The van der Waals surface area contributed by atoms with Crippen LogP contribution in [0.4, 0.5) is 0 Å². The molecule has 0 fully saturated rings. The van der Waals surface area contributed by atoms with Gasteiger partial charge in [0, 0.05) is 6.42 Å². The highest BCUT2D eigenvalue weighted by atomic mass is 16.2. The number of hydrogen-bond acceptors (Lipinski definition) is 6. The highest BCUT2D eigenvalue weighted by Gasteiger charge is 2.25. The fourth-order valence-electron chi connectivity index (χ4n) is 4.05. The number of aldehydes is 1. The maximum absolute atomic E-state index is 12.9. The van der Waals surface area contributed by atoms with E-state index in [0.29, 0.717) is 19.3 Å². The molecule has 0 saturated heterocycles. The van der Waals surface area contributed by atoms with Crippen LogP contribution in [0.5, 0.6) is 0 Å². The maximum atomic E-state index is 12.9. The van der Waals surface area contributed by atoms with Gasteiger partial charge in [0.25, 0.3) is 5.91 Å². The lowest BCUT2D eigenvalue weighted by molar-refractivity contribution is -0.126. The Morgan fingerprint density at radius 1 is 1.03 bits per heavy atom. The van der Waals surface area contributed by atoms with Crippen molar-refractivity contribution in [2.45, 2.75) is 103 Å². The lowest BCUT2D eigenvalue weighted by atomic mass is 10.0. The Hall–Kier alpha value is -2.64. The van der Waals surface area contributed by atoms with E-state index in [-0.39, 0.29) is 29.0 Å². The van der Waals surface area contributed by atoms with Crippen molar-refractivity contribution in [3.8, 4) is 0 Å². The third kappa shape index (κ3) is 9.80. The number of carbonyl (C=O) groups excluding carboxylic acids is 4. The van der Waals surface area contributed by atoms with Gasteiger partial charge in [-0.1, -0.05) is 65.2 Å². The second-order valence-electron chi connectivity index (χ2n) is 9.34. The summed E-state index contributed by atoms with van der Waals surface area (Å²) in [5, 5.41) is 5.50. The molecule has 0 aromatic carbocycles. The molecule has 0 aliphatic carbocycles. The predicted molar refractivity (Wildman–Crippen MR) is 126 cm³/mol. The van der Waals surface area contributed by atoms with E-state index < -0.39 is 18.0 Å². The van der Waals surface area contributed by atoms with Crippen molar-refractivity contribution < 1.29 is 19.2 Å². The minimum Gasteiger partial charge on any atom is -0.345 e. The molecule has 2 unspecified atom stereocenters. The highest BCUT2D eigenvalue weighted by Crippen LogP contribution is 2.14. The number of rotatable bonds is 5. The van der Waals surface area contributed by atoms with Gasteiger partial charge in [0.1, 0.15) is 23.7 Å². The van der Waals surface area contributed by atoms with Gasteiger partial charge in [0.15, 0.2) is 5.78 Å². The number of carbonyl (C=O) groups is 4. The summed E-state index contributed by atoms with van der Waals surface area (Å²) in [6, 6.07) is -1.38. The third-order valence-electron chi connectivity index (χ3n) is 5.89. The molecular weight excluding hydrogens is 420 g/mol. The van der Waals surface area contributed by atoms with Crippen LogP contribution in [0.3, 0.4) is 0 Å². The zero-order valence-corrected chi connectivity index (χ0v) is 20.0. The molecule has 182 valence electrons. The molecule has 8 heteroatoms. The van der Waals surface area contributed by atoms with E-state index in [0.717, 1.165) is 57.7 Å². The van der Waals surface area contributed by atoms with Crippen molar-refractivity contribution in [2.24, 2.45) is 5.92 Å². The third-order valence-corrected chi connectivity index (χ3v) is 5.89. The average Bonchev–Trinajstić information content (AvgIpc) is 2.80. The van der Waals surface area contributed by atoms with Gasteiger partial charge in [-0.2, -0.15) is 0 Å². The summed E-state index contributed by atoms with van der Waals surface area (Å²) in [4.78, 5) is 57.9. The van der Waals surface area contributed by atoms with E-state index >= 15 is 0 Å². The topological polar surface area (TPSA) is 118 Å². The van der Waals surface area contributed by atoms with Crippen molar-refractivity contribution in [2.75, 3.05) is 0 Å². The summed E-state index contributed by atoms with van der Waals surface area (Å²) in [5.74, 6) is -0.813. The normalized spacial score (nSPS) is 20.3. The number of Topliss-reactive ketones (excluding diaryl/α,β-unsaturated/α-hetero) is 1. The fraction of sp³-hybridized carbons (Fsp3) is 0.680. The predicted octanol–water partition coefficient (Wildman–Crippen LogP) is 3.79. The minimum absolute atomic E-state index is 0.00823. The molecular formula is C25H38N4O4. The SMILES string of the molecule is CC(C)CC(C=O)NC(=O)C1CCCCCCCCCCCC(=O)c2cncc(n2)C(=O)N1. The number of hydrogen-bond donors (Lipinski definition) is 2. The van der Waals surface area contributed by atoms with Crippen LogP contribution < -0.4 is 10.6 Å².